The molecule has 2 unspecified atom stereocenters. The summed E-state index contributed by atoms with van der Waals surface area (Å²) in [7, 11) is 0. The van der Waals surface area contributed by atoms with Crippen LogP contribution >= 0.6 is 0 Å². The molecule has 0 saturated carbocycles. The summed E-state index contributed by atoms with van der Waals surface area (Å²) in [5.74, 6) is 0. The van der Waals surface area contributed by atoms with E-state index < -0.39 is 0 Å². The molecule has 78 valence electrons. The lowest BCUT2D eigenvalue weighted by Crippen LogP contribution is -2.19. The Morgan fingerprint density at radius 2 is 2.00 bits per heavy atom. The van der Waals surface area contributed by atoms with Crippen LogP contribution in [0.1, 0.15) is 20.1 Å². The van der Waals surface area contributed by atoms with Crippen LogP contribution in [0.15, 0.2) is 29.3 Å². The Morgan fingerprint density at radius 3 is 2.50 bits per heavy atom. The molecule has 0 aliphatic rings. The molecule has 14 heavy (non-hydrogen) atoms. The zero-order valence-electron chi connectivity index (χ0n) is 8.38. The van der Waals surface area contributed by atoms with Gasteiger partial charge in [-0.05, 0) is 13.8 Å². The molecule has 4 heteroatoms. The number of aliphatic hydroxyl groups is 1. The van der Waals surface area contributed by atoms with E-state index >= 15 is 0 Å². The summed E-state index contributed by atoms with van der Waals surface area (Å²) in [6.07, 6.45) is 2.94. The standard InChI is InChI=1S/C10H15NO3/c1-8(7-12)14-9(2)11-5-3-10(13)4-6-11/h3-6,8-9,12H,7H2,1-2H3. The van der Waals surface area contributed by atoms with Gasteiger partial charge in [0, 0.05) is 24.5 Å². The monoisotopic (exact) mass is 197 g/mol. The second-order valence-electron chi connectivity index (χ2n) is 3.21. The molecule has 0 aliphatic carbocycles. The van der Waals surface area contributed by atoms with Crippen LogP contribution in [0.3, 0.4) is 0 Å². The zero-order valence-corrected chi connectivity index (χ0v) is 8.38. The highest BCUT2D eigenvalue weighted by molar-refractivity contribution is 4.94. The van der Waals surface area contributed by atoms with Gasteiger partial charge in [-0.25, -0.2) is 0 Å². The van der Waals surface area contributed by atoms with Gasteiger partial charge in [0.15, 0.2) is 5.43 Å². The summed E-state index contributed by atoms with van der Waals surface area (Å²) in [5.41, 5.74) is -0.0244. The molecule has 0 saturated heterocycles. The summed E-state index contributed by atoms with van der Waals surface area (Å²) in [4.78, 5) is 10.8. The smallest absolute Gasteiger partial charge is 0.181 e. The van der Waals surface area contributed by atoms with Gasteiger partial charge in [0.25, 0.3) is 0 Å². The van der Waals surface area contributed by atoms with Crippen LogP contribution in [0.4, 0.5) is 0 Å². The van der Waals surface area contributed by atoms with Crippen LogP contribution < -0.4 is 5.43 Å². The minimum atomic E-state index is -0.204. The van der Waals surface area contributed by atoms with Gasteiger partial charge in [-0.1, -0.05) is 0 Å². The van der Waals surface area contributed by atoms with Crippen molar-refractivity contribution >= 4 is 0 Å². The van der Waals surface area contributed by atoms with Crippen LogP contribution in [-0.2, 0) is 4.74 Å². The van der Waals surface area contributed by atoms with Crippen LogP contribution in [0, 0.1) is 0 Å². The summed E-state index contributed by atoms with van der Waals surface area (Å²) in [6.45, 7) is 3.64. The fourth-order valence-corrected chi connectivity index (χ4v) is 1.12. The van der Waals surface area contributed by atoms with Crippen LogP contribution in [0.5, 0.6) is 0 Å². The summed E-state index contributed by atoms with van der Waals surface area (Å²) < 4.78 is 7.21. The van der Waals surface area contributed by atoms with Crippen molar-refractivity contribution in [1.82, 2.24) is 4.57 Å². The van der Waals surface area contributed by atoms with E-state index in [0.717, 1.165) is 0 Å². The van der Waals surface area contributed by atoms with E-state index in [1.807, 2.05) is 6.92 Å². The second-order valence-corrected chi connectivity index (χ2v) is 3.21. The molecule has 1 heterocycles. The second kappa shape index (κ2) is 4.93. The van der Waals surface area contributed by atoms with Gasteiger partial charge < -0.3 is 14.4 Å². The number of hydrogen-bond donors (Lipinski definition) is 1. The molecule has 0 aromatic carbocycles. The highest BCUT2D eigenvalue weighted by atomic mass is 16.5. The predicted octanol–water partition coefficient (Wildman–Crippen LogP) is 0.764. The molecular weight excluding hydrogens is 182 g/mol. The number of hydrogen-bond acceptors (Lipinski definition) is 3. The molecule has 1 rings (SSSR count). The summed E-state index contributed by atoms with van der Waals surface area (Å²) in [5, 5.41) is 8.79. The zero-order chi connectivity index (χ0) is 10.6. The van der Waals surface area contributed by atoms with Crippen molar-refractivity contribution in [2.75, 3.05) is 6.61 Å². The molecule has 1 aromatic heterocycles. The van der Waals surface area contributed by atoms with Gasteiger partial charge in [0.05, 0.1) is 12.7 Å². The van der Waals surface area contributed by atoms with E-state index in [0.29, 0.717) is 0 Å². The normalized spacial score (nSPS) is 15.1. The third-order valence-corrected chi connectivity index (χ3v) is 1.93. The van der Waals surface area contributed by atoms with Crippen molar-refractivity contribution in [2.45, 2.75) is 26.2 Å². The number of aromatic nitrogens is 1. The first-order valence-corrected chi connectivity index (χ1v) is 4.57. The Kier molecular flexibility index (Phi) is 3.85. The van der Waals surface area contributed by atoms with Crippen molar-refractivity contribution in [1.29, 1.82) is 0 Å². The van der Waals surface area contributed by atoms with Gasteiger partial charge in [-0.3, -0.25) is 4.79 Å². The lowest BCUT2D eigenvalue weighted by Gasteiger charge is -2.19. The molecule has 1 N–H and O–H groups in total. The molecule has 0 aliphatic heterocycles. The molecule has 0 fully saturated rings. The van der Waals surface area contributed by atoms with Crippen molar-refractivity contribution in [2.24, 2.45) is 0 Å². The third-order valence-electron chi connectivity index (χ3n) is 1.93. The molecule has 4 nitrogen and oxygen atoms in total. The van der Waals surface area contributed by atoms with E-state index in [2.05, 4.69) is 0 Å². The average molecular weight is 197 g/mol. The third kappa shape index (κ3) is 2.97. The molecule has 0 radical (unpaired) electrons. The van der Waals surface area contributed by atoms with Crippen LogP contribution in [0.25, 0.3) is 0 Å². The number of aliphatic hydroxyl groups excluding tert-OH is 1. The lowest BCUT2D eigenvalue weighted by atomic mass is 10.4. The van der Waals surface area contributed by atoms with Gasteiger partial charge in [-0.15, -0.1) is 0 Å². The van der Waals surface area contributed by atoms with E-state index in [-0.39, 0.29) is 24.4 Å². The maximum absolute atomic E-state index is 10.8. The maximum atomic E-state index is 10.8. The Morgan fingerprint density at radius 1 is 1.43 bits per heavy atom. The Bertz CT molecular complexity index is 314. The fourth-order valence-electron chi connectivity index (χ4n) is 1.12. The fraction of sp³-hybridized carbons (Fsp3) is 0.500. The first-order valence-electron chi connectivity index (χ1n) is 4.57. The molecular formula is C10H15NO3. The molecule has 0 spiro atoms. The van der Waals surface area contributed by atoms with Crippen molar-refractivity contribution in [3.8, 4) is 0 Å². The Labute approximate surface area is 82.8 Å². The minimum Gasteiger partial charge on any atom is -0.394 e. The topological polar surface area (TPSA) is 51.5 Å². The maximum Gasteiger partial charge on any atom is 0.181 e. The number of nitrogens with zero attached hydrogens (tertiary/aromatic N) is 1. The summed E-state index contributed by atoms with van der Waals surface area (Å²) in [6, 6.07) is 2.95. The largest absolute Gasteiger partial charge is 0.394 e. The SMILES string of the molecule is CC(CO)OC(C)n1ccc(=O)cc1. The van der Waals surface area contributed by atoms with Crippen molar-refractivity contribution in [3.63, 3.8) is 0 Å². The highest BCUT2D eigenvalue weighted by Crippen LogP contribution is 2.08. The molecule has 0 bridgehead atoms. The Hall–Kier alpha value is -1.13. The minimum absolute atomic E-state index is 0.00939. The highest BCUT2D eigenvalue weighted by Gasteiger charge is 2.07. The van der Waals surface area contributed by atoms with Gasteiger partial charge in [0.2, 0.25) is 0 Å². The van der Waals surface area contributed by atoms with Crippen molar-refractivity contribution < 1.29 is 9.84 Å². The van der Waals surface area contributed by atoms with Gasteiger partial charge >= 0.3 is 0 Å². The summed E-state index contributed by atoms with van der Waals surface area (Å²) >= 11 is 0. The Balaban J connectivity index is 2.65. The van der Waals surface area contributed by atoms with Gasteiger partial charge in [-0.2, -0.15) is 0 Å². The first-order chi connectivity index (χ1) is 6.63. The molecule has 0 amide bonds. The van der Waals surface area contributed by atoms with E-state index in [1.165, 1.54) is 12.1 Å². The first kappa shape index (κ1) is 10.9. The van der Waals surface area contributed by atoms with E-state index in [1.54, 1.807) is 23.9 Å². The lowest BCUT2D eigenvalue weighted by molar-refractivity contribution is -0.0561. The predicted molar refractivity (Wildman–Crippen MR) is 53.0 cm³/mol. The molecule has 2 atom stereocenters. The van der Waals surface area contributed by atoms with Crippen LogP contribution in [-0.4, -0.2) is 22.4 Å². The number of ether oxygens (including phenoxy) is 1. The van der Waals surface area contributed by atoms with Crippen LogP contribution in [0.2, 0.25) is 0 Å². The number of pyridine rings is 1. The van der Waals surface area contributed by atoms with E-state index in [4.69, 9.17) is 9.84 Å². The average Bonchev–Trinajstić information content (AvgIpc) is 2.18. The van der Waals surface area contributed by atoms with Gasteiger partial charge in [0.1, 0.15) is 6.23 Å². The quantitative estimate of drug-likeness (QED) is 0.775. The molecule has 1 aromatic rings. The van der Waals surface area contributed by atoms with E-state index in [9.17, 15) is 4.79 Å². The number of rotatable bonds is 4. The van der Waals surface area contributed by atoms with Crippen molar-refractivity contribution in [3.05, 3.63) is 34.7 Å².